The van der Waals surface area contributed by atoms with E-state index in [1.807, 2.05) is 4.74 Å². The van der Waals surface area contributed by atoms with Crippen LogP contribution < -0.4 is 10.4 Å². The number of carboxylic acids is 1. The first-order chi connectivity index (χ1) is 21.9. The first-order valence-electron chi connectivity index (χ1n) is 12.2. The zero-order valence-electron chi connectivity index (χ0n) is 24.1. The Morgan fingerprint density at radius 2 is 0.922 bits per heavy atom. The molecule has 8 nitrogen and oxygen atoms in total. The molecule has 0 aliphatic carbocycles. The van der Waals surface area contributed by atoms with Crippen LogP contribution in [0.2, 0.25) is 0 Å². The molecule has 3 atom stereocenters. The SMILES string of the molecule is C[N+](C)(CCCNC(=O)C(F)(OC(F)(F)C(F)(OC(F)(F)C(F)(OC(F)(F)C(F)(F)C(F)(F)F)C(F)(F)F)C(F)(F)F)C(F)(F)F)CCC(=O)[O-]. The number of carbonyl (C=O) groups excluding carboxylic acids is 2. The lowest BCUT2D eigenvalue weighted by Gasteiger charge is -2.42. The van der Waals surface area contributed by atoms with Crippen molar-refractivity contribution in [1.82, 2.24) is 5.32 Å². The van der Waals surface area contributed by atoms with Crippen molar-refractivity contribution in [1.29, 1.82) is 0 Å². The Morgan fingerprint density at radius 3 is 1.25 bits per heavy atom. The minimum absolute atomic E-state index is 0.316. The second-order valence-corrected chi connectivity index (χ2v) is 10.3. The molecular formula is C20H17F23N2O6. The molecule has 31 heteroatoms. The second-order valence-electron chi connectivity index (χ2n) is 10.3. The molecule has 1 amide bonds. The van der Waals surface area contributed by atoms with E-state index in [1.54, 1.807) is 0 Å². The van der Waals surface area contributed by atoms with Gasteiger partial charge in [0.15, 0.2) is 0 Å². The van der Waals surface area contributed by atoms with Gasteiger partial charge < -0.3 is 19.7 Å². The number of ether oxygens (including phenoxy) is 3. The van der Waals surface area contributed by atoms with Crippen molar-refractivity contribution >= 4 is 11.9 Å². The topological polar surface area (TPSA) is 96.9 Å². The molecule has 0 aliphatic rings. The highest BCUT2D eigenvalue weighted by atomic mass is 19.4. The fourth-order valence-corrected chi connectivity index (χ4v) is 3.02. The summed E-state index contributed by atoms with van der Waals surface area (Å²) in [4.78, 5) is 22.3. The maximum absolute atomic E-state index is 14.6. The number of alkyl halides is 23. The van der Waals surface area contributed by atoms with Gasteiger partial charge in [0.2, 0.25) is 0 Å². The lowest BCUT2D eigenvalue weighted by Crippen LogP contribution is -2.71. The van der Waals surface area contributed by atoms with Gasteiger partial charge in [-0.1, -0.05) is 0 Å². The van der Waals surface area contributed by atoms with Gasteiger partial charge in [0.25, 0.3) is 5.91 Å². The molecule has 0 fully saturated rings. The highest BCUT2D eigenvalue weighted by Crippen LogP contribution is 2.59. The predicted molar refractivity (Wildman–Crippen MR) is 108 cm³/mol. The van der Waals surface area contributed by atoms with E-state index in [4.69, 9.17) is 0 Å². The number of aliphatic carboxylic acids is 1. The van der Waals surface area contributed by atoms with Gasteiger partial charge in [0.1, 0.15) is 0 Å². The predicted octanol–water partition coefficient (Wildman–Crippen LogP) is 5.42. The molecule has 51 heavy (non-hydrogen) atoms. The average Bonchev–Trinajstić information content (AvgIpc) is 2.86. The van der Waals surface area contributed by atoms with Crippen LogP contribution in [0.1, 0.15) is 12.8 Å². The highest BCUT2D eigenvalue weighted by Gasteiger charge is 2.88. The van der Waals surface area contributed by atoms with Crippen molar-refractivity contribution in [3.05, 3.63) is 0 Å². The Hall–Kier alpha value is -2.83. The van der Waals surface area contributed by atoms with Gasteiger partial charge in [-0.15, -0.1) is 0 Å². The normalized spacial score (nSPS) is 18.5. The largest absolute Gasteiger partial charge is 0.550 e. The average molecular weight is 818 g/mol. The quantitative estimate of drug-likeness (QED) is 0.120. The Kier molecular flexibility index (Phi) is 13.4. The molecule has 0 rings (SSSR count). The Balaban J connectivity index is 6.91. The number of carboxylic acid groups (broad SMARTS) is 1. The summed E-state index contributed by atoms with van der Waals surface area (Å²) in [5.74, 6) is -38.1. The Bertz CT molecular complexity index is 1230. The van der Waals surface area contributed by atoms with Gasteiger partial charge in [-0.05, 0) is 0 Å². The molecule has 3 unspecified atom stereocenters. The molecule has 304 valence electrons. The molecule has 0 heterocycles. The molecule has 0 saturated heterocycles. The molecule has 0 saturated carbocycles. The first-order valence-corrected chi connectivity index (χ1v) is 12.2. The summed E-state index contributed by atoms with van der Waals surface area (Å²) in [5.41, 5.74) is 0. The highest BCUT2D eigenvalue weighted by molar-refractivity contribution is 5.84. The fourth-order valence-electron chi connectivity index (χ4n) is 3.02. The van der Waals surface area contributed by atoms with Crippen molar-refractivity contribution in [2.45, 2.75) is 79.4 Å². The number of quaternary nitrogens is 1. The third kappa shape index (κ3) is 9.99. The zero-order chi connectivity index (χ0) is 41.5. The van der Waals surface area contributed by atoms with Crippen LogP contribution in [0.3, 0.4) is 0 Å². The van der Waals surface area contributed by atoms with E-state index in [9.17, 15) is 116 Å². The summed E-state index contributed by atoms with van der Waals surface area (Å²) in [6.07, 6.45) is -59.2. The van der Waals surface area contributed by atoms with Crippen LogP contribution in [0.15, 0.2) is 0 Å². The Labute approximate surface area is 265 Å². The van der Waals surface area contributed by atoms with Gasteiger partial charge in [0.05, 0.1) is 27.2 Å². The van der Waals surface area contributed by atoms with Crippen molar-refractivity contribution in [3.8, 4) is 0 Å². The van der Waals surface area contributed by atoms with Gasteiger partial charge >= 0.3 is 66.5 Å². The van der Waals surface area contributed by atoms with Crippen LogP contribution in [0, 0.1) is 0 Å². The smallest absolute Gasteiger partial charge is 0.462 e. The van der Waals surface area contributed by atoms with E-state index in [0.717, 1.165) is 10.1 Å². The summed E-state index contributed by atoms with van der Waals surface area (Å²) >= 11 is 0. The molecule has 0 aromatic carbocycles. The number of nitrogens with zero attached hydrogens (tertiary/aromatic N) is 1. The van der Waals surface area contributed by atoms with Crippen LogP contribution in [0.4, 0.5) is 101 Å². The second kappa shape index (κ2) is 14.2. The fraction of sp³-hybridized carbons (Fsp3) is 0.900. The van der Waals surface area contributed by atoms with Crippen molar-refractivity contribution in [2.24, 2.45) is 0 Å². The monoisotopic (exact) mass is 818 g/mol. The number of rotatable bonds is 17. The number of carbonyl (C=O) groups is 2. The molecule has 0 aromatic heterocycles. The van der Waals surface area contributed by atoms with E-state index in [2.05, 4.69) is 0 Å². The molecule has 0 spiro atoms. The van der Waals surface area contributed by atoms with Crippen LogP contribution in [-0.2, 0) is 23.8 Å². The minimum Gasteiger partial charge on any atom is -0.550 e. The summed E-state index contributed by atoms with van der Waals surface area (Å²) in [6, 6.07) is 0. The molecule has 1 N–H and O–H groups in total. The third-order valence-corrected chi connectivity index (χ3v) is 5.81. The molecule has 0 radical (unpaired) electrons. The lowest BCUT2D eigenvalue weighted by molar-refractivity contribution is -0.890. The number of hydrogen-bond acceptors (Lipinski definition) is 6. The van der Waals surface area contributed by atoms with Crippen LogP contribution in [0.25, 0.3) is 0 Å². The van der Waals surface area contributed by atoms with Crippen LogP contribution in [-0.4, -0.2) is 117 Å². The summed E-state index contributed by atoms with van der Waals surface area (Å²) in [6.45, 7) is -2.09. The van der Waals surface area contributed by atoms with Gasteiger partial charge in [0, 0.05) is 25.4 Å². The number of amides is 1. The van der Waals surface area contributed by atoms with Crippen molar-refractivity contribution < 1.29 is 134 Å². The van der Waals surface area contributed by atoms with E-state index >= 15 is 0 Å². The molecule has 0 aromatic rings. The van der Waals surface area contributed by atoms with E-state index < -0.39 is 109 Å². The third-order valence-electron chi connectivity index (χ3n) is 5.81. The van der Waals surface area contributed by atoms with Gasteiger partial charge in [-0.3, -0.25) is 19.0 Å². The van der Waals surface area contributed by atoms with E-state index in [0.29, 0.717) is 0 Å². The van der Waals surface area contributed by atoms with Crippen LogP contribution in [0.5, 0.6) is 0 Å². The van der Waals surface area contributed by atoms with Crippen molar-refractivity contribution in [3.63, 3.8) is 0 Å². The van der Waals surface area contributed by atoms with Gasteiger partial charge in [-0.2, -0.15) is 101 Å². The van der Waals surface area contributed by atoms with E-state index in [1.165, 1.54) is 18.8 Å². The summed E-state index contributed by atoms with van der Waals surface area (Å²) in [5, 5.41) is 11.2. The first kappa shape index (κ1) is 48.2. The number of hydrogen-bond donors (Lipinski definition) is 1. The van der Waals surface area contributed by atoms with E-state index in [-0.39, 0.29) is 6.54 Å². The maximum atomic E-state index is 14.6. The molecule has 0 aliphatic heterocycles. The maximum Gasteiger partial charge on any atom is 0.462 e. The summed E-state index contributed by atoms with van der Waals surface area (Å²) < 4.78 is 312. The zero-order valence-corrected chi connectivity index (χ0v) is 24.1. The number of nitrogens with one attached hydrogen (secondary N) is 1. The molecular weight excluding hydrogens is 801 g/mol. The van der Waals surface area contributed by atoms with Crippen LogP contribution >= 0.6 is 0 Å². The standard InChI is InChI=1S/C20H17F23N2O6/c1-45(2,7-4-8(46)47)6-3-5-44-9(48)10(21,14(26,27)28)49-19(40,41)12(24,16(32,33)34)51-20(42,43)13(25,17(35,36)37)50-18(38,39)11(22,23)15(29,30)31/h3-7H2,1-2H3,(H-,44,46,47,48). The lowest BCUT2D eigenvalue weighted by atomic mass is 10.2. The van der Waals surface area contributed by atoms with Crippen molar-refractivity contribution in [2.75, 3.05) is 33.7 Å². The Morgan fingerprint density at radius 1 is 0.549 bits per heavy atom. The summed E-state index contributed by atoms with van der Waals surface area (Å²) in [7, 11) is 2.41. The minimum atomic E-state index is -8.78. The molecule has 0 bridgehead atoms. The van der Waals surface area contributed by atoms with Gasteiger partial charge in [-0.25, -0.2) is 0 Å². The number of halogens is 23.